The Balaban J connectivity index is 1.79. The minimum Gasteiger partial charge on any atom is -0.426 e. The topological polar surface area (TPSA) is 89.5 Å². The molecule has 44 heavy (non-hydrogen) atoms. The molecule has 2 saturated heterocycles. The van der Waals surface area contributed by atoms with Crippen molar-refractivity contribution in [1.29, 1.82) is 0 Å². The van der Waals surface area contributed by atoms with Crippen molar-refractivity contribution in [2.24, 2.45) is 16.7 Å². The van der Waals surface area contributed by atoms with Crippen molar-refractivity contribution < 1.29 is 49.7 Å². The molecule has 4 fully saturated rings. The Hall–Kier alpha value is -0.993. The van der Waals surface area contributed by atoms with Crippen molar-refractivity contribution in [2.75, 3.05) is 0 Å². The van der Waals surface area contributed by atoms with Gasteiger partial charge in [-0.15, -0.1) is 0 Å². The van der Waals surface area contributed by atoms with Gasteiger partial charge in [-0.2, -0.15) is 13.2 Å². The zero-order chi connectivity index (χ0) is 32.9. The quantitative estimate of drug-likeness (QED) is 0.155. The van der Waals surface area contributed by atoms with Crippen LogP contribution < -0.4 is 0 Å². The largest absolute Gasteiger partial charge is 0.509 e. The van der Waals surface area contributed by atoms with Gasteiger partial charge in [0, 0.05) is 23.2 Å². The summed E-state index contributed by atoms with van der Waals surface area (Å²) < 4.78 is 92.5. The average molecular weight is 667 g/mol. The molecule has 13 heteroatoms. The van der Waals surface area contributed by atoms with Gasteiger partial charge in [0.05, 0.1) is 17.8 Å². The van der Waals surface area contributed by atoms with E-state index < -0.39 is 89.2 Å². The Kier molecular flexibility index (Phi) is 8.40. The first-order chi connectivity index (χ1) is 20.2. The van der Waals surface area contributed by atoms with Crippen LogP contribution in [-0.2, 0) is 38.6 Å². The summed E-state index contributed by atoms with van der Waals surface area (Å²) in [4.78, 5) is 13.3. The molecule has 8 nitrogen and oxygen atoms in total. The molecule has 0 aromatic heterocycles. The lowest BCUT2D eigenvalue weighted by molar-refractivity contribution is -0.220. The van der Waals surface area contributed by atoms with Crippen molar-refractivity contribution in [3.05, 3.63) is 11.1 Å². The number of carbonyl (C=O) groups excluding carboxylic acids is 1. The fourth-order valence-corrected chi connectivity index (χ4v) is 13.1. The molecule has 1 spiro atoms. The highest BCUT2D eigenvalue weighted by Gasteiger charge is 2.76. The molecule has 3 aliphatic carbocycles. The first-order valence-corrected chi connectivity index (χ1v) is 19.6. The first-order valence-electron chi connectivity index (χ1n) is 16.0. The second kappa shape index (κ2) is 10.8. The van der Waals surface area contributed by atoms with E-state index in [1.54, 1.807) is 6.92 Å². The lowest BCUT2D eigenvalue weighted by atomic mass is 9.46. The van der Waals surface area contributed by atoms with Gasteiger partial charge < -0.3 is 23.4 Å². The van der Waals surface area contributed by atoms with Crippen LogP contribution in [0.25, 0.3) is 0 Å². The third kappa shape index (κ3) is 4.96. The molecule has 5 rings (SSSR count). The third-order valence-corrected chi connectivity index (χ3v) is 17.5. The fraction of sp³-hybridized carbons (Fsp3) is 0.903. The maximum Gasteiger partial charge on any atom is 0.509 e. The van der Waals surface area contributed by atoms with Crippen LogP contribution in [0.15, 0.2) is 11.1 Å². The van der Waals surface area contributed by atoms with Crippen molar-refractivity contribution in [2.45, 2.75) is 160 Å². The number of fused-ring (bicyclic) bond motifs is 6. The second-order valence-corrected chi connectivity index (χ2v) is 20.8. The van der Waals surface area contributed by atoms with Gasteiger partial charge in [-0.05, 0) is 76.2 Å². The van der Waals surface area contributed by atoms with Crippen LogP contribution in [0.3, 0.4) is 0 Å². The van der Waals surface area contributed by atoms with E-state index in [4.69, 9.17) is 27.6 Å². The summed E-state index contributed by atoms with van der Waals surface area (Å²) in [5.41, 5.74) is -7.87. The van der Waals surface area contributed by atoms with Gasteiger partial charge >= 0.3 is 11.7 Å². The van der Waals surface area contributed by atoms with E-state index in [1.807, 2.05) is 34.6 Å². The molecule has 0 amide bonds. The monoisotopic (exact) mass is 666 g/mol. The van der Waals surface area contributed by atoms with Crippen molar-refractivity contribution >= 4 is 25.6 Å². The molecular weight excluding hydrogens is 617 g/mol. The molecule has 0 aromatic carbocycles. The molecule has 9 atom stereocenters. The molecule has 2 saturated carbocycles. The van der Waals surface area contributed by atoms with Gasteiger partial charge in [0.1, 0.15) is 6.10 Å². The van der Waals surface area contributed by atoms with Gasteiger partial charge in [0.2, 0.25) is 0 Å². The Morgan fingerprint density at radius 3 is 2.16 bits per heavy atom. The predicted octanol–water partition coefficient (Wildman–Crippen LogP) is 7.70. The SMILES string of the molecule is CC[Si](CC)(CC)O[C@H]1C[C@@]23OC(=O)O[C@H]2[C@@H]2C(C)(O[S@](=O)C(F)(F)F)CCC[C@@]2(C)[C@H]2OC(C)(C)O[C@@H]2C(=C1C)C3(C)C. The summed E-state index contributed by atoms with van der Waals surface area (Å²) >= 11 is -3.60. The van der Waals surface area contributed by atoms with Crippen LogP contribution in [0, 0.1) is 16.7 Å². The molecule has 2 heterocycles. The minimum absolute atomic E-state index is 0.181. The molecule has 0 aromatic rings. The van der Waals surface area contributed by atoms with E-state index in [9.17, 15) is 22.2 Å². The lowest BCUT2D eigenvalue weighted by Crippen LogP contribution is -2.71. The Morgan fingerprint density at radius 1 is 0.977 bits per heavy atom. The van der Waals surface area contributed by atoms with E-state index in [2.05, 4.69) is 27.7 Å². The van der Waals surface area contributed by atoms with Gasteiger partial charge in [-0.25, -0.2) is 9.00 Å². The molecule has 0 N–H and O–H groups in total. The van der Waals surface area contributed by atoms with Gasteiger partial charge in [-0.1, -0.05) is 41.5 Å². The number of alkyl halides is 3. The van der Waals surface area contributed by atoms with Gasteiger partial charge in [0.15, 0.2) is 25.8 Å². The summed E-state index contributed by atoms with van der Waals surface area (Å²) in [5, 5.41) is 0. The maximum absolute atomic E-state index is 13.8. The Morgan fingerprint density at radius 2 is 1.59 bits per heavy atom. The van der Waals surface area contributed by atoms with Crippen molar-refractivity contribution in [1.82, 2.24) is 0 Å². The first kappa shape index (κ1) is 34.3. The molecule has 2 aliphatic heterocycles. The highest BCUT2D eigenvalue weighted by molar-refractivity contribution is 7.81. The van der Waals surface area contributed by atoms with E-state index in [-0.39, 0.29) is 12.8 Å². The smallest absolute Gasteiger partial charge is 0.426 e. The van der Waals surface area contributed by atoms with Crippen LogP contribution in [0.2, 0.25) is 18.1 Å². The Labute approximate surface area is 262 Å². The average Bonchev–Trinajstić information content (AvgIpc) is 3.40. The van der Waals surface area contributed by atoms with Crippen LogP contribution in [0.1, 0.15) is 94.9 Å². The van der Waals surface area contributed by atoms with Gasteiger partial charge in [0.25, 0.3) is 11.1 Å². The third-order valence-electron chi connectivity index (χ3n) is 11.9. The summed E-state index contributed by atoms with van der Waals surface area (Å²) in [6.45, 7) is 19.7. The number of hydrogen-bond donors (Lipinski definition) is 0. The zero-order valence-corrected chi connectivity index (χ0v) is 29.5. The molecule has 0 radical (unpaired) electrons. The van der Waals surface area contributed by atoms with E-state index >= 15 is 0 Å². The lowest BCUT2D eigenvalue weighted by Gasteiger charge is -2.63. The molecule has 252 valence electrons. The fourth-order valence-electron chi connectivity index (χ4n) is 9.58. The summed E-state index contributed by atoms with van der Waals surface area (Å²) in [6, 6.07) is 2.72. The summed E-state index contributed by atoms with van der Waals surface area (Å²) in [7, 11) is -2.19. The molecule has 2 bridgehead atoms. The number of rotatable bonds is 7. The highest BCUT2D eigenvalue weighted by atomic mass is 32.2. The molecule has 5 aliphatic rings. The molecular formula is C31H49F3O8SSi. The van der Waals surface area contributed by atoms with Crippen molar-refractivity contribution in [3.8, 4) is 0 Å². The Bertz CT molecular complexity index is 1230. The van der Waals surface area contributed by atoms with Crippen LogP contribution >= 0.6 is 0 Å². The minimum atomic E-state index is -5.08. The van der Waals surface area contributed by atoms with Crippen LogP contribution in [-0.4, -0.2) is 65.6 Å². The van der Waals surface area contributed by atoms with Gasteiger partial charge in [-0.3, -0.25) is 4.18 Å². The van der Waals surface area contributed by atoms with E-state index in [1.165, 1.54) is 0 Å². The predicted molar refractivity (Wildman–Crippen MR) is 160 cm³/mol. The number of carbonyl (C=O) groups is 1. The van der Waals surface area contributed by atoms with Crippen molar-refractivity contribution in [3.63, 3.8) is 0 Å². The standard InChI is InChI=1S/C31H49F3O8SSi/c1-11-44(12-2,13-3)41-19-17-30-24(37-25(35)40-30)22-28(9,15-14-16-29(22,10)42-43(36)31(32,33)34)23-21(38-27(7,8)39-23)20(18(19)4)26(30,5)6/h19,21-24H,11-17H2,1-10H3/t19-,21+,22-,23-,24-,28+,29?,30+,43-/m0/s1. The molecule has 1 unspecified atom stereocenters. The number of halogens is 3. The van der Waals surface area contributed by atoms with E-state index in [0.717, 1.165) is 29.3 Å². The van der Waals surface area contributed by atoms with Crippen LogP contribution in [0.4, 0.5) is 18.0 Å². The summed E-state index contributed by atoms with van der Waals surface area (Å²) in [6.07, 6.45) is -2.09. The highest BCUT2D eigenvalue weighted by Crippen LogP contribution is 2.68. The number of ether oxygens (including phenoxy) is 4. The summed E-state index contributed by atoms with van der Waals surface area (Å²) in [5.74, 6) is -1.89. The van der Waals surface area contributed by atoms with E-state index in [0.29, 0.717) is 12.8 Å². The zero-order valence-electron chi connectivity index (χ0n) is 27.6. The number of hydrogen-bond acceptors (Lipinski definition) is 8. The second-order valence-electron chi connectivity index (χ2n) is 14.9. The normalized spacial score (nSPS) is 41.9. The van der Waals surface area contributed by atoms with Crippen LogP contribution in [0.5, 0.6) is 0 Å². The maximum atomic E-state index is 13.8.